The molecule has 0 aliphatic carbocycles. The molecule has 15 heavy (non-hydrogen) atoms. The Hall–Kier alpha value is -1.78. The van der Waals surface area contributed by atoms with Gasteiger partial charge >= 0.3 is 5.97 Å². The second kappa shape index (κ2) is 4.63. The Morgan fingerprint density at radius 2 is 2.27 bits per heavy atom. The minimum Gasteiger partial charge on any atom is -0.494 e. The van der Waals surface area contributed by atoms with Crippen molar-refractivity contribution in [2.75, 3.05) is 12.4 Å². The predicted octanol–water partition coefficient (Wildman–Crippen LogP) is 1.72. The summed E-state index contributed by atoms with van der Waals surface area (Å²) in [5.74, 6) is -1.13. The molecular weight excluding hydrogens is 201 g/mol. The van der Waals surface area contributed by atoms with Crippen LogP contribution in [0.4, 0.5) is 10.1 Å². The lowest BCUT2D eigenvalue weighted by atomic mass is 10.2. The van der Waals surface area contributed by atoms with Crippen LogP contribution >= 0.6 is 0 Å². The van der Waals surface area contributed by atoms with E-state index in [2.05, 4.69) is 5.32 Å². The van der Waals surface area contributed by atoms with E-state index in [1.54, 1.807) is 0 Å². The van der Waals surface area contributed by atoms with Crippen LogP contribution in [0.5, 0.6) is 5.75 Å². The van der Waals surface area contributed by atoms with Gasteiger partial charge in [0, 0.05) is 6.07 Å². The highest BCUT2D eigenvalue weighted by Gasteiger charge is 2.13. The van der Waals surface area contributed by atoms with Gasteiger partial charge in [0.2, 0.25) is 0 Å². The van der Waals surface area contributed by atoms with Gasteiger partial charge in [-0.15, -0.1) is 0 Å². The molecular formula is C10H12FNO3. The second-order valence-electron chi connectivity index (χ2n) is 3.05. The summed E-state index contributed by atoms with van der Waals surface area (Å²) in [7, 11) is 1.39. The van der Waals surface area contributed by atoms with Gasteiger partial charge in [-0.2, -0.15) is 0 Å². The van der Waals surface area contributed by atoms with Crippen molar-refractivity contribution in [1.29, 1.82) is 0 Å². The molecule has 1 atom stereocenters. The highest BCUT2D eigenvalue weighted by Crippen LogP contribution is 2.25. The van der Waals surface area contributed by atoms with E-state index >= 15 is 0 Å². The molecule has 82 valence electrons. The lowest BCUT2D eigenvalue weighted by molar-refractivity contribution is -0.137. The van der Waals surface area contributed by atoms with Crippen LogP contribution in [0, 0.1) is 5.82 Å². The summed E-state index contributed by atoms with van der Waals surface area (Å²) in [6.07, 6.45) is 0. The number of hydrogen-bond donors (Lipinski definition) is 2. The first-order chi connectivity index (χ1) is 7.04. The third kappa shape index (κ3) is 2.83. The number of nitrogens with one attached hydrogen (secondary N) is 1. The van der Waals surface area contributed by atoms with Crippen molar-refractivity contribution in [2.24, 2.45) is 0 Å². The number of ether oxygens (including phenoxy) is 1. The Balaban J connectivity index is 2.89. The Morgan fingerprint density at radius 3 is 2.80 bits per heavy atom. The maximum atomic E-state index is 12.8. The largest absolute Gasteiger partial charge is 0.494 e. The molecule has 0 fully saturated rings. The van der Waals surface area contributed by atoms with Crippen LogP contribution < -0.4 is 10.1 Å². The quantitative estimate of drug-likeness (QED) is 0.799. The summed E-state index contributed by atoms with van der Waals surface area (Å²) in [6, 6.07) is 3.11. The maximum absolute atomic E-state index is 12.8. The van der Waals surface area contributed by atoms with Gasteiger partial charge in [0.05, 0.1) is 12.8 Å². The van der Waals surface area contributed by atoms with E-state index in [1.165, 1.54) is 32.2 Å². The fourth-order valence-electron chi connectivity index (χ4n) is 1.08. The predicted molar refractivity (Wildman–Crippen MR) is 53.7 cm³/mol. The number of methoxy groups -OCH3 is 1. The number of hydrogen-bond acceptors (Lipinski definition) is 3. The molecule has 0 spiro atoms. The summed E-state index contributed by atoms with van der Waals surface area (Å²) in [5.41, 5.74) is 0.453. The fraction of sp³-hybridized carbons (Fsp3) is 0.300. The van der Waals surface area contributed by atoms with E-state index in [1.807, 2.05) is 0 Å². The summed E-state index contributed by atoms with van der Waals surface area (Å²) in [4.78, 5) is 10.6. The average molecular weight is 213 g/mol. The normalized spacial score (nSPS) is 11.9. The van der Waals surface area contributed by atoms with Crippen molar-refractivity contribution >= 4 is 11.7 Å². The minimum atomic E-state index is -0.985. The topological polar surface area (TPSA) is 58.6 Å². The number of aliphatic carboxylic acids is 1. The zero-order valence-corrected chi connectivity index (χ0v) is 8.45. The number of carboxylic acids is 1. The molecule has 1 rings (SSSR count). The van der Waals surface area contributed by atoms with Crippen molar-refractivity contribution < 1.29 is 19.0 Å². The molecule has 0 amide bonds. The van der Waals surface area contributed by atoms with Crippen molar-refractivity contribution in [3.8, 4) is 5.75 Å². The van der Waals surface area contributed by atoms with Crippen LogP contribution in [0.1, 0.15) is 6.92 Å². The molecule has 0 bridgehead atoms. The van der Waals surface area contributed by atoms with Gasteiger partial charge in [0.1, 0.15) is 17.6 Å². The Morgan fingerprint density at radius 1 is 1.60 bits per heavy atom. The second-order valence-corrected chi connectivity index (χ2v) is 3.05. The smallest absolute Gasteiger partial charge is 0.325 e. The molecule has 0 radical (unpaired) electrons. The van der Waals surface area contributed by atoms with Crippen LogP contribution in [-0.2, 0) is 4.79 Å². The Bertz CT molecular complexity index is 368. The van der Waals surface area contributed by atoms with Gasteiger partial charge in [0.25, 0.3) is 0 Å². The van der Waals surface area contributed by atoms with Crippen molar-refractivity contribution in [3.05, 3.63) is 24.0 Å². The van der Waals surface area contributed by atoms with E-state index in [-0.39, 0.29) is 5.75 Å². The standard InChI is InChI=1S/C10H12FNO3/c1-6(10(13)14)12-8-4-3-7(11)5-9(8)15-2/h3-6,12H,1-2H3,(H,13,14). The van der Waals surface area contributed by atoms with Crippen molar-refractivity contribution in [2.45, 2.75) is 13.0 Å². The molecule has 1 aromatic rings. The van der Waals surface area contributed by atoms with E-state index in [4.69, 9.17) is 9.84 Å². The van der Waals surface area contributed by atoms with Crippen LogP contribution in [0.2, 0.25) is 0 Å². The van der Waals surface area contributed by atoms with Crippen molar-refractivity contribution in [1.82, 2.24) is 0 Å². The monoisotopic (exact) mass is 213 g/mol. The number of rotatable bonds is 4. The number of carbonyl (C=O) groups is 1. The zero-order valence-electron chi connectivity index (χ0n) is 8.45. The van der Waals surface area contributed by atoms with Crippen LogP contribution in [-0.4, -0.2) is 24.2 Å². The Kier molecular flexibility index (Phi) is 3.49. The zero-order chi connectivity index (χ0) is 11.4. The van der Waals surface area contributed by atoms with E-state index in [0.29, 0.717) is 5.69 Å². The van der Waals surface area contributed by atoms with Gasteiger partial charge in [-0.3, -0.25) is 4.79 Å². The maximum Gasteiger partial charge on any atom is 0.325 e. The Labute approximate surface area is 86.7 Å². The van der Waals surface area contributed by atoms with Crippen LogP contribution in [0.3, 0.4) is 0 Å². The lowest BCUT2D eigenvalue weighted by Crippen LogP contribution is -2.25. The van der Waals surface area contributed by atoms with Gasteiger partial charge in [0.15, 0.2) is 0 Å². The highest BCUT2D eigenvalue weighted by molar-refractivity contribution is 5.77. The van der Waals surface area contributed by atoms with Gasteiger partial charge < -0.3 is 15.2 Å². The molecule has 5 heteroatoms. The minimum absolute atomic E-state index is 0.281. The number of benzene rings is 1. The van der Waals surface area contributed by atoms with E-state index in [9.17, 15) is 9.18 Å². The average Bonchev–Trinajstić information content (AvgIpc) is 2.20. The van der Waals surface area contributed by atoms with E-state index in [0.717, 1.165) is 0 Å². The lowest BCUT2D eigenvalue weighted by Gasteiger charge is -2.13. The molecule has 0 heterocycles. The molecule has 0 saturated heterocycles. The van der Waals surface area contributed by atoms with Crippen LogP contribution in [0.25, 0.3) is 0 Å². The number of carboxylic acid groups (broad SMARTS) is 1. The molecule has 1 aromatic carbocycles. The molecule has 1 unspecified atom stereocenters. The number of anilines is 1. The molecule has 2 N–H and O–H groups in total. The summed E-state index contributed by atoms with van der Waals surface area (Å²) in [6.45, 7) is 1.49. The third-order valence-corrected chi connectivity index (χ3v) is 1.91. The van der Waals surface area contributed by atoms with Crippen LogP contribution in [0.15, 0.2) is 18.2 Å². The highest BCUT2D eigenvalue weighted by atomic mass is 19.1. The first kappa shape index (κ1) is 11.3. The van der Waals surface area contributed by atoms with Gasteiger partial charge in [-0.05, 0) is 19.1 Å². The summed E-state index contributed by atoms with van der Waals surface area (Å²) < 4.78 is 17.7. The van der Waals surface area contributed by atoms with E-state index < -0.39 is 17.8 Å². The first-order valence-corrected chi connectivity index (χ1v) is 4.37. The molecule has 4 nitrogen and oxygen atoms in total. The molecule has 0 saturated carbocycles. The first-order valence-electron chi connectivity index (χ1n) is 4.37. The van der Waals surface area contributed by atoms with Gasteiger partial charge in [-0.1, -0.05) is 0 Å². The third-order valence-electron chi connectivity index (χ3n) is 1.91. The molecule has 0 aliphatic rings. The summed E-state index contributed by atoms with van der Waals surface area (Å²) in [5, 5.41) is 11.4. The fourth-order valence-corrected chi connectivity index (χ4v) is 1.08. The summed E-state index contributed by atoms with van der Waals surface area (Å²) >= 11 is 0. The molecule has 0 aromatic heterocycles. The molecule has 0 aliphatic heterocycles. The number of halogens is 1. The van der Waals surface area contributed by atoms with Gasteiger partial charge in [-0.25, -0.2) is 4.39 Å². The SMILES string of the molecule is COc1cc(F)ccc1NC(C)C(=O)O. The van der Waals surface area contributed by atoms with Crippen molar-refractivity contribution in [3.63, 3.8) is 0 Å².